The van der Waals surface area contributed by atoms with Gasteiger partial charge in [0, 0.05) is 12.1 Å². The first-order chi connectivity index (χ1) is 10.2. The number of hydrogen-bond acceptors (Lipinski definition) is 2. The fourth-order valence-corrected chi connectivity index (χ4v) is 2.57. The van der Waals surface area contributed by atoms with Crippen LogP contribution in [0.3, 0.4) is 0 Å². The number of nitrogens with zero attached hydrogens (tertiary/aromatic N) is 1. The Balaban J connectivity index is 1.80. The van der Waals surface area contributed by atoms with Crippen LogP contribution in [0, 0.1) is 5.82 Å². The molecule has 0 bridgehead atoms. The van der Waals surface area contributed by atoms with Gasteiger partial charge >= 0.3 is 0 Å². The zero-order chi connectivity index (χ0) is 14.8. The van der Waals surface area contributed by atoms with E-state index in [4.69, 9.17) is 0 Å². The molecule has 21 heavy (non-hydrogen) atoms. The van der Waals surface area contributed by atoms with E-state index in [0.717, 1.165) is 5.56 Å². The Bertz CT molecular complexity index is 711. The molecule has 1 aliphatic rings. The molecular formula is C17H14FNO2. The lowest BCUT2D eigenvalue weighted by molar-refractivity contribution is 0.0694. The highest BCUT2D eigenvalue weighted by Crippen LogP contribution is 2.19. The monoisotopic (exact) mass is 283 g/mol. The molecule has 0 fully saturated rings. The van der Waals surface area contributed by atoms with Crippen LogP contribution in [-0.4, -0.2) is 29.7 Å². The highest BCUT2D eigenvalue weighted by Gasteiger charge is 2.26. The summed E-state index contributed by atoms with van der Waals surface area (Å²) in [5.74, 6) is -1.09. The van der Waals surface area contributed by atoms with Gasteiger partial charge in [0.2, 0.25) is 0 Å². The van der Waals surface area contributed by atoms with E-state index in [-0.39, 0.29) is 23.8 Å². The molecular weight excluding hydrogens is 269 g/mol. The van der Waals surface area contributed by atoms with Crippen molar-refractivity contribution in [3.05, 3.63) is 71.0 Å². The minimum Gasteiger partial charge on any atom is -0.331 e. The number of rotatable bonds is 3. The average molecular weight is 283 g/mol. The molecule has 0 radical (unpaired) electrons. The number of fused-ring (bicyclic) bond motifs is 1. The van der Waals surface area contributed by atoms with Crippen LogP contribution in [0.2, 0.25) is 0 Å². The summed E-state index contributed by atoms with van der Waals surface area (Å²) in [7, 11) is 0. The average Bonchev–Trinajstić information content (AvgIpc) is 2.51. The van der Waals surface area contributed by atoms with E-state index in [1.807, 2.05) is 12.1 Å². The number of hydrogen-bond donors (Lipinski definition) is 0. The molecule has 0 atom stereocenters. The topological polar surface area (TPSA) is 37.4 Å². The van der Waals surface area contributed by atoms with Crippen molar-refractivity contribution in [3.63, 3.8) is 0 Å². The van der Waals surface area contributed by atoms with E-state index in [9.17, 15) is 14.0 Å². The summed E-state index contributed by atoms with van der Waals surface area (Å²) in [6.07, 6.45) is 0.715. The van der Waals surface area contributed by atoms with Crippen molar-refractivity contribution >= 4 is 11.7 Å². The van der Waals surface area contributed by atoms with Gasteiger partial charge in [-0.3, -0.25) is 9.59 Å². The second-order valence-electron chi connectivity index (χ2n) is 5.04. The lowest BCUT2D eigenvalue weighted by Gasteiger charge is -2.28. The van der Waals surface area contributed by atoms with Crippen LogP contribution < -0.4 is 0 Å². The lowest BCUT2D eigenvalue weighted by Crippen LogP contribution is -2.41. The fourth-order valence-electron chi connectivity index (χ4n) is 2.57. The van der Waals surface area contributed by atoms with Gasteiger partial charge in [0.1, 0.15) is 5.82 Å². The van der Waals surface area contributed by atoms with E-state index in [1.54, 1.807) is 18.2 Å². The quantitative estimate of drug-likeness (QED) is 0.812. The molecule has 0 N–H and O–H groups in total. The van der Waals surface area contributed by atoms with Gasteiger partial charge in [0.05, 0.1) is 12.1 Å². The van der Waals surface area contributed by atoms with E-state index < -0.39 is 5.82 Å². The maximum atomic E-state index is 13.6. The van der Waals surface area contributed by atoms with E-state index >= 15 is 0 Å². The van der Waals surface area contributed by atoms with Crippen LogP contribution in [0.25, 0.3) is 0 Å². The molecule has 3 nitrogen and oxygen atoms in total. The number of carbonyl (C=O) groups excluding carboxylic acids is 2. The van der Waals surface area contributed by atoms with Gasteiger partial charge in [-0.2, -0.15) is 0 Å². The molecule has 1 amide bonds. The Kier molecular flexibility index (Phi) is 3.52. The first-order valence-electron chi connectivity index (χ1n) is 6.82. The molecule has 2 aromatic rings. The van der Waals surface area contributed by atoms with Crippen LogP contribution in [-0.2, 0) is 6.42 Å². The van der Waals surface area contributed by atoms with Gasteiger partial charge in [0.15, 0.2) is 5.78 Å². The number of Topliss-reactive ketones (excluding diaryl/α,β-unsaturated/α-hetero) is 1. The molecule has 4 heteroatoms. The minimum absolute atomic E-state index is 0.0316. The molecule has 0 aromatic heterocycles. The minimum atomic E-state index is -0.549. The fraction of sp³-hybridized carbons (Fsp3) is 0.176. The second kappa shape index (κ2) is 5.48. The van der Waals surface area contributed by atoms with Gasteiger partial charge in [-0.15, -0.1) is 0 Å². The third-order valence-corrected chi connectivity index (χ3v) is 3.69. The molecule has 2 aromatic carbocycles. The van der Waals surface area contributed by atoms with Gasteiger partial charge in [-0.25, -0.2) is 4.39 Å². The number of amides is 1. The predicted molar refractivity (Wildman–Crippen MR) is 76.8 cm³/mol. The van der Waals surface area contributed by atoms with Gasteiger partial charge in [0.25, 0.3) is 5.91 Å². The second-order valence-corrected chi connectivity index (χ2v) is 5.04. The molecule has 1 heterocycles. The summed E-state index contributed by atoms with van der Waals surface area (Å²) >= 11 is 0. The van der Waals surface area contributed by atoms with Gasteiger partial charge < -0.3 is 4.90 Å². The van der Waals surface area contributed by atoms with Crippen LogP contribution >= 0.6 is 0 Å². The zero-order valence-electron chi connectivity index (χ0n) is 11.4. The van der Waals surface area contributed by atoms with Crippen molar-refractivity contribution in [3.8, 4) is 0 Å². The summed E-state index contributed by atoms with van der Waals surface area (Å²) in [4.78, 5) is 26.0. The molecule has 0 spiro atoms. The highest BCUT2D eigenvalue weighted by atomic mass is 19.1. The maximum Gasteiger partial charge on any atom is 0.254 e. The number of ketones is 1. The van der Waals surface area contributed by atoms with Crippen molar-refractivity contribution in [2.75, 3.05) is 13.1 Å². The third-order valence-electron chi connectivity index (χ3n) is 3.69. The van der Waals surface area contributed by atoms with Crippen molar-refractivity contribution < 1.29 is 14.0 Å². The molecule has 3 rings (SSSR count). The van der Waals surface area contributed by atoms with E-state index in [2.05, 4.69) is 0 Å². The Morgan fingerprint density at radius 3 is 2.62 bits per heavy atom. The predicted octanol–water partition coefficient (Wildman–Crippen LogP) is 2.71. The Morgan fingerprint density at radius 1 is 1.10 bits per heavy atom. The zero-order valence-corrected chi connectivity index (χ0v) is 11.4. The molecule has 0 aliphatic carbocycles. The molecule has 0 saturated heterocycles. The molecule has 0 unspecified atom stereocenters. The van der Waals surface area contributed by atoms with Crippen molar-refractivity contribution in [1.29, 1.82) is 0 Å². The van der Waals surface area contributed by atoms with Gasteiger partial charge in [-0.1, -0.05) is 30.3 Å². The molecule has 1 aliphatic heterocycles. The molecule has 106 valence electrons. The standard InChI is InChI=1S/C17H14FNO2/c18-15-8-4-3-7-14(15)16(20)11-19-10-9-12-5-1-2-6-13(12)17(19)21/h1-8H,9-11H2. The maximum absolute atomic E-state index is 13.6. The SMILES string of the molecule is O=C(CN1CCc2ccccc2C1=O)c1ccccc1F. The van der Waals surface area contributed by atoms with E-state index in [1.165, 1.54) is 23.1 Å². The summed E-state index contributed by atoms with van der Waals surface area (Å²) in [5.41, 5.74) is 1.66. The van der Waals surface area contributed by atoms with Crippen LogP contribution in [0.5, 0.6) is 0 Å². The summed E-state index contributed by atoms with van der Waals surface area (Å²) < 4.78 is 13.6. The van der Waals surface area contributed by atoms with Crippen LogP contribution in [0.1, 0.15) is 26.3 Å². The van der Waals surface area contributed by atoms with Crippen molar-refractivity contribution in [1.82, 2.24) is 4.90 Å². The van der Waals surface area contributed by atoms with Crippen molar-refractivity contribution in [2.45, 2.75) is 6.42 Å². The normalized spacial score (nSPS) is 14.0. The summed E-state index contributed by atoms with van der Waals surface area (Å²) in [5, 5.41) is 0. The first kappa shape index (κ1) is 13.5. The largest absolute Gasteiger partial charge is 0.331 e. The van der Waals surface area contributed by atoms with Crippen molar-refractivity contribution in [2.24, 2.45) is 0 Å². The third kappa shape index (κ3) is 2.57. The Hall–Kier alpha value is -2.49. The summed E-state index contributed by atoms with van der Waals surface area (Å²) in [6, 6.07) is 13.2. The van der Waals surface area contributed by atoms with E-state index in [0.29, 0.717) is 18.5 Å². The molecule has 0 saturated carbocycles. The summed E-state index contributed by atoms with van der Waals surface area (Å²) in [6.45, 7) is 0.393. The van der Waals surface area contributed by atoms with Gasteiger partial charge in [-0.05, 0) is 30.2 Å². The Labute approximate surface area is 122 Å². The smallest absolute Gasteiger partial charge is 0.254 e. The Morgan fingerprint density at radius 2 is 1.81 bits per heavy atom. The van der Waals surface area contributed by atoms with Crippen LogP contribution in [0.4, 0.5) is 4.39 Å². The van der Waals surface area contributed by atoms with Crippen LogP contribution in [0.15, 0.2) is 48.5 Å². The lowest BCUT2D eigenvalue weighted by atomic mass is 9.98. The number of benzene rings is 2. The highest BCUT2D eigenvalue weighted by molar-refractivity contribution is 6.03. The number of halogens is 1. The first-order valence-corrected chi connectivity index (χ1v) is 6.82. The number of carbonyl (C=O) groups is 2.